The molecule has 140 valence electrons. The van der Waals surface area contributed by atoms with Crippen molar-refractivity contribution in [3.63, 3.8) is 0 Å². The van der Waals surface area contributed by atoms with Crippen LogP contribution in [-0.2, 0) is 11.3 Å². The van der Waals surface area contributed by atoms with Crippen LogP contribution in [0.25, 0.3) is 22.4 Å². The number of nitrogens with zero attached hydrogens (tertiary/aromatic N) is 3. The van der Waals surface area contributed by atoms with Gasteiger partial charge in [0.1, 0.15) is 0 Å². The number of benzene rings is 2. The predicted molar refractivity (Wildman–Crippen MR) is 111 cm³/mol. The van der Waals surface area contributed by atoms with Crippen molar-refractivity contribution in [1.29, 1.82) is 0 Å². The van der Waals surface area contributed by atoms with Gasteiger partial charge in [-0.05, 0) is 44.8 Å². The van der Waals surface area contributed by atoms with Gasteiger partial charge in [0.15, 0.2) is 0 Å². The molecule has 0 atom stereocenters. The largest absolute Gasteiger partial charge is 0.379 e. The molecular formula is C22H25N3OS. The second-order valence-corrected chi connectivity index (χ2v) is 8.08. The summed E-state index contributed by atoms with van der Waals surface area (Å²) in [6.07, 6.45) is 3.06. The molecule has 0 unspecified atom stereocenters. The highest BCUT2D eigenvalue weighted by Gasteiger charge is 2.23. The fourth-order valence-electron chi connectivity index (χ4n) is 3.42. The van der Waals surface area contributed by atoms with Crippen LogP contribution in [0.3, 0.4) is 0 Å². The van der Waals surface area contributed by atoms with Crippen LogP contribution in [0.15, 0.2) is 64.5 Å². The molecule has 0 spiro atoms. The first-order chi connectivity index (χ1) is 13.2. The molecule has 5 heteroatoms. The lowest BCUT2D eigenvalue weighted by Gasteiger charge is -2.12. The molecule has 1 aliphatic heterocycles. The molecular weight excluding hydrogens is 354 g/mol. The van der Waals surface area contributed by atoms with Crippen molar-refractivity contribution in [2.24, 2.45) is 0 Å². The fraction of sp³-hybridized carbons (Fsp3) is 0.318. The van der Waals surface area contributed by atoms with E-state index in [4.69, 9.17) is 9.84 Å². The summed E-state index contributed by atoms with van der Waals surface area (Å²) >= 11 is 1.83. The number of rotatable bonds is 7. The van der Waals surface area contributed by atoms with Crippen molar-refractivity contribution < 1.29 is 4.74 Å². The van der Waals surface area contributed by atoms with Crippen molar-refractivity contribution in [3.05, 3.63) is 54.7 Å². The third-order valence-electron chi connectivity index (χ3n) is 4.72. The summed E-state index contributed by atoms with van der Waals surface area (Å²) in [5.41, 5.74) is 4.90. The van der Waals surface area contributed by atoms with Gasteiger partial charge < -0.3 is 9.64 Å². The van der Waals surface area contributed by atoms with Crippen LogP contribution >= 0.6 is 11.8 Å². The van der Waals surface area contributed by atoms with E-state index in [-0.39, 0.29) is 0 Å². The SMILES string of the molecule is CN(C)CCCOCCn1ncc2c1-c1ccccc1Sc1ccccc1-2. The summed E-state index contributed by atoms with van der Waals surface area (Å²) in [6.45, 7) is 3.28. The highest BCUT2D eigenvalue weighted by Crippen LogP contribution is 2.47. The second kappa shape index (κ2) is 8.30. The molecule has 0 saturated carbocycles. The summed E-state index contributed by atoms with van der Waals surface area (Å²) in [5, 5.41) is 4.70. The zero-order valence-electron chi connectivity index (χ0n) is 15.9. The molecule has 0 fully saturated rings. The normalized spacial score (nSPS) is 12.4. The van der Waals surface area contributed by atoms with Gasteiger partial charge in [-0.25, -0.2) is 0 Å². The van der Waals surface area contributed by atoms with Crippen LogP contribution in [0.2, 0.25) is 0 Å². The number of ether oxygens (including phenoxy) is 1. The number of hydrogen-bond acceptors (Lipinski definition) is 4. The molecule has 0 bridgehead atoms. The number of fused-ring (bicyclic) bond motifs is 5. The quantitative estimate of drug-likeness (QED) is 0.437. The Bertz CT molecular complexity index is 919. The Kier molecular flexibility index (Phi) is 5.62. The van der Waals surface area contributed by atoms with Gasteiger partial charge in [-0.3, -0.25) is 4.68 Å². The average molecular weight is 380 g/mol. The first-order valence-electron chi connectivity index (χ1n) is 9.39. The maximum atomic E-state index is 5.84. The summed E-state index contributed by atoms with van der Waals surface area (Å²) in [5.74, 6) is 0. The smallest absolute Gasteiger partial charge is 0.0773 e. The molecule has 4 nitrogen and oxygen atoms in total. The van der Waals surface area contributed by atoms with Crippen molar-refractivity contribution >= 4 is 11.8 Å². The minimum atomic E-state index is 0.679. The Morgan fingerprint density at radius 2 is 1.63 bits per heavy atom. The fourth-order valence-corrected chi connectivity index (χ4v) is 4.51. The Balaban J connectivity index is 1.59. The van der Waals surface area contributed by atoms with E-state index in [2.05, 4.69) is 72.2 Å². The van der Waals surface area contributed by atoms with E-state index in [1.165, 1.54) is 32.2 Å². The minimum Gasteiger partial charge on any atom is -0.379 e. The zero-order chi connectivity index (χ0) is 18.6. The average Bonchev–Trinajstić information content (AvgIpc) is 3.02. The number of hydrogen-bond donors (Lipinski definition) is 0. The van der Waals surface area contributed by atoms with Crippen LogP contribution < -0.4 is 0 Å². The van der Waals surface area contributed by atoms with Crippen LogP contribution in [0.5, 0.6) is 0 Å². The van der Waals surface area contributed by atoms with Gasteiger partial charge in [0.25, 0.3) is 0 Å². The molecule has 0 amide bonds. The highest BCUT2D eigenvalue weighted by molar-refractivity contribution is 7.99. The topological polar surface area (TPSA) is 30.3 Å². The Morgan fingerprint density at radius 1 is 0.926 bits per heavy atom. The van der Waals surface area contributed by atoms with Gasteiger partial charge in [0, 0.05) is 27.5 Å². The monoisotopic (exact) mass is 379 g/mol. The molecule has 2 aromatic carbocycles. The molecule has 1 aromatic heterocycles. The van der Waals surface area contributed by atoms with E-state index in [9.17, 15) is 0 Å². The van der Waals surface area contributed by atoms with E-state index in [0.29, 0.717) is 6.61 Å². The highest BCUT2D eigenvalue weighted by atomic mass is 32.2. The van der Waals surface area contributed by atoms with Gasteiger partial charge >= 0.3 is 0 Å². The Hall–Kier alpha value is -2.08. The molecule has 0 radical (unpaired) electrons. The van der Waals surface area contributed by atoms with Crippen molar-refractivity contribution in [3.8, 4) is 22.4 Å². The summed E-state index contributed by atoms with van der Waals surface area (Å²) in [4.78, 5) is 4.74. The van der Waals surface area contributed by atoms with Gasteiger partial charge in [0.2, 0.25) is 0 Å². The molecule has 0 N–H and O–H groups in total. The van der Waals surface area contributed by atoms with E-state index in [1.807, 2.05) is 18.0 Å². The standard InChI is InChI=1S/C22H25N3OS/c1-24(2)12-7-14-26-15-13-25-22-18-9-4-6-11-21(18)27-20-10-5-3-8-17(20)19(22)16-23-25/h3-6,8-11,16H,7,12-15H2,1-2H3. The summed E-state index contributed by atoms with van der Waals surface area (Å²) < 4.78 is 7.94. The van der Waals surface area contributed by atoms with Gasteiger partial charge in [-0.2, -0.15) is 5.10 Å². The minimum absolute atomic E-state index is 0.679. The maximum Gasteiger partial charge on any atom is 0.0773 e. The molecule has 0 saturated heterocycles. The molecule has 3 aromatic rings. The lowest BCUT2D eigenvalue weighted by molar-refractivity contribution is 0.116. The third kappa shape index (κ3) is 3.95. The van der Waals surface area contributed by atoms with Crippen molar-refractivity contribution in [2.45, 2.75) is 22.8 Å². The maximum absolute atomic E-state index is 5.84. The summed E-state index contributed by atoms with van der Waals surface area (Å²) in [7, 11) is 4.18. The van der Waals surface area contributed by atoms with Crippen molar-refractivity contribution in [2.75, 3.05) is 33.9 Å². The first-order valence-corrected chi connectivity index (χ1v) is 10.2. The number of aromatic nitrogens is 2. The van der Waals surface area contributed by atoms with Crippen LogP contribution in [-0.4, -0.2) is 48.5 Å². The third-order valence-corrected chi connectivity index (χ3v) is 5.87. The predicted octanol–water partition coefficient (Wildman–Crippen LogP) is 4.65. The lowest BCUT2D eigenvalue weighted by atomic mass is 10.0. The summed E-state index contributed by atoms with van der Waals surface area (Å²) in [6, 6.07) is 17.2. The molecule has 4 rings (SSSR count). The van der Waals surface area contributed by atoms with Crippen LogP contribution in [0, 0.1) is 0 Å². The van der Waals surface area contributed by atoms with E-state index >= 15 is 0 Å². The first kappa shape index (κ1) is 18.3. The second-order valence-electron chi connectivity index (χ2n) is 6.99. The van der Waals surface area contributed by atoms with Crippen LogP contribution in [0.1, 0.15) is 6.42 Å². The molecule has 1 aliphatic rings. The van der Waals surface area contributed by atoms with Gasteiger partial charge in [-0.1, -0.05) is 48.2 Å². The zero-order valence-corrected chi connectivity index (χ0v) is 16.7. The van der Waals surface area contributed by atoms with E-state index in [0.717, 1.165) is 26.1 Å². The van der Waals surface area contributed by atoms with Gasteiger partial charge in [-0.15, -0.1) is 0 Å². The van der Waals surface area contributed by atoms with E-state index < -0.39 is 0 Å². The van der Waals surface area contributed by atoms with Crippen molar-refractivity contribution in [1.82, 2.24) is 14.7 Å². The molecule has 2 heterocycles. The lowest BCUT2D eigenvalue weighted by Crippen LogP contribution is -2.16. The van der Waals surface area contributed by atoms with Gasteiger partial charge in [0.05, 0.1) is 25.0 Å². The van der Waals surface area contributed by atoms with E-state index in [1.54, 1.807) is 0 Å². The molecule has 27 heavy (non-hydrogen) atoms. The van der Waals surface area contributed by atoms with Crippen LogP contribution in [0.4, 0.5) is 0 Å². The Labute approximate surface area is 165 Å². The molecule has 0 aliphatic carbocycles. The Morgan fingerprint density at radius 3 is 2.41 bits per heavy atom.